The smallest absolute Gasteiger partial charge is 0.0653 e. The van der Waals surface area contributed by atoms with Crippen LogP contribution in [0.4, 0.5) is 0 Å². The van der Waals surface area contributed by atoms with E-state index in [1.54, 1.807) is 0 Å². The number of aromatic nitrogens is 1. The fraction of sp³-hybridized carbons (Fsp3) is 0.304. The lowest BCUT2D eigenvalue weighted by molar-refractivity contribution is 0.161. The minimum atomic E-state index is 0.678. The second-order valence-corrected chi connectivity index (χ2v) is 6.14. The average molecular weight is 333 g/mol. The highest BCUT2D eigenvalue weighted by atomic mass is 16.5. The summed E-state index contributed by atoms with van der Waals surface area (Å²) in [5.74, 6) is 2.66. The summed E-state index contributed by atoms with van der Waals surface area (Å²) in [6.45, 7) is 13.7. The molecule has 1 aromatic rings. The van der Waals surface area contributed by atoms with Gasteiger partial charge in [-0.05, 0) is 57.4 Å². The third kappa shape index (κ3) is 3.95. The topological polar surface area (TPSA) is 14.2 Å². The van der Waals surface area contributed by atoms with Gasteiger partial charge < -0.3 is 9.30 Å². The molecular weight excluding hydrogens is 306 g/mol. The molecule has 2 heteroatoms. The second-order valence-electron chi connectivity index (χ2n) is 6.14. The molecule has 0 N–H and O–H groups in total. The van der Waals surface area contributed by atoms with Crippen molar-refractivity contribution in [2.75, 3.05) is 13.2 Å². The predicted molar refractivity (Wildman–Crippen MR) is 109 cm³/mol. The van der Waals surface area contributed by atoms with Gasteiger partial charge >= 0.3 is 0 Å². The number of hydrogen-bond donors (Lipinski definition) is 0. The average Bonchev–Trinajstić information content (AvgIpc) is 2.91. The molecule has 0 aliphatic carbocycles. The van der Waals surface area contributed by atoms with Crippen LogP contribution in [0.5, 0.6) is 0 Å². The van der Waals surface area contributed by atoms with Crippen LogP contribution in [-0.4, -0.2) is 17.8 Å². The van der Waals surface area contributed by atoms with Crippen LogP contribution in [0.15, 0.2) is 36.5 Å². The summed E-state index contributed by atoms with van der Waals surface area (Å²) in [5.41, 5.74) is 5.92. The molecule has 2 rings (SSSR count). The number of terminal acetylenes is 1. The highest BCUT2D eigenvalue weighted by molar-refractivity contribution is 5.72. The maximum Gasteiger partial charge on any atom is 0.0653 e. The molecule has 2 nitrogen and oxygen atoms in total. The van der Waals surface area contributed by atoms with E-state index in [9.17, 15) is 0 Å². The summed E-state index contributed by atoms with van der Waals surface area (Å²) in [7, 11) is 0. The van der Waals surface area contributed by atoms with Gasteiger partial charge in [-0.2, -0.15) is 0 Å². The SMILES string of the molecule is C#C/C(C)=C\C=C(/C)n1c(C)c(C2=CCOCC2)c(=C/C=C)/c1=C\C. The highest BCUT2D eigenvalue weighted by Gasteiger charge is 2.16. The van der Waals surface area contributed by atoms with Gasteiger partial charge in [0.15, 0.2) is 0 Å². The lowest BCUT2D eigenvalue weighted by atomic mass is 10.00. The van der Waals surface area contributed by atoms with Crippen LogP contribution in [0.25, 0.3) is 23.4 Å². The van der Waals surface area contributed by atoms with Crippen molar-refractivity contribution in [1.29, 1.82) is 0 Å². The Hall–Kier alpha value is -2.50. The zero-order chi connectivity index (χ0) is 18.4. The largest absolute Gasteiger partial charge is 0.377 e. The summed E-state index contributed by atoms with van der Waals surface area (Å²) in [5, 5.41) is 2.40. The molecule has 0 atom stereocenters. The Morgan fingerprint density at radius 3 is 2.68 bits per heavy atom. The van der Waals surface area contributed by atoms with E-state index in [0.29, 0.717) is 6.61 Å². The van der Waals surface area contributed by atoms with Crippen LogP contribution in [0, 0.1) is 19.3 Å². The van der Waals surface area contributed by atoms with Gasteiger partial charge in [0.05, 0.1) is 13.2 Å². The van der Waals surface area contributed by atoms with Crippen LogP contribution in [-0.2, 0) is 4.74 Å². The molecule has 0 radical (unpaired) electrons. The highest BCUT2D eigenvalue weighted by Crippen LogP contribution is 2.22. The van der Waals surface area contributed by atoms with Crippen LogP contribution in [0.1, 0.15) is 38.4 Å². The first-order chi connectivity index (χ1) is 12.0. The van der Waals surface area contributed by atoms with Crippen LogP contribution in [0.2, 0.25) is 0 Å². The van der Waals surface area contributed by atoms with Gasteiger partial charge in [-0.25, -0.2) is 0 Å². The molecular formula is C23H27NO. The minimum absolute atomic E-state index is 0.678. The summed E-state index contributed by atoms with van der Waals surface area (Å²) in [4.78, 5) is 0. The van der Waals surface area contributed by atoms with Crippen LogP contribution in [0.3, 0.4) is 0 Å². The maximum absolute atomic E-state index is 5.49. The van der Waals surface area contributed by atoms with Crippen LogP contribution < -0.4 is 10.6 Å². The Labute approximate surface area is 151 Å². The molecule has 130 valence electrons. The lowest BCUT2D eigenvalue weighted by Gasteiger charge is -2.14. The number of rotatable bonds is 4. The number of ether oxygens (including phenoxy) is 1. The monoisotopic (exact) mass is 333 g/mol. The van der Waals surface area contributed by atoms with Gasteiger partial charge in [-0.1, -0.05) is 36.8 Å². The van der Waals surface area contributed by atoms with Crippen molar-refractivity contribution in [3.05, 3.63) is 58.3 Å². The van der Waals surface area contributed by atoms with Crippen molar-refractivity contribution in [2.24, 2.45) is 0 Å². The first-order valence-electron chi connectivity index (χ1n) is 8.64. The quantitative estimate of drug-likeness (QED) is 0.604. The number of nitrogens with zero attached hydrogens (tertiary/aromatic N) is 1. The summed E-state index contributed by atoms with van der Waals surface area (Å²) >= 11 is 0. The first kappa shape index (κ1) is 18.8. The first-order valence-corrected chi connectivity index (χ1v) is 8.64. The standard InChI is InChI=1S/C23H27NO/c1-7-10-21-22(9-3)24(18(5)12-11-17(4)8-2)19(6)23(21)20-13-15-25-16-14-20/h2,7,9-13H,1,14-16H2,3-6H3/b17-11-,18-12+,21-10+,22-9+. The van der Waals surface area contributed by atoms with Crippen LogP contribution >= 0.6 is 0 Å². The third-order valence-electron chi connectivity index (χ3n) is 4.48. The van der Waals surface area contributed by atoms with Crippen molar-refractivity contribution in [3.63, 3.8) is 0 Å². The molecule has 25 heavy (non-hydrogen) atoms. The summed E-state index contributed by atoms with van der Waals surface area (Å²) in [6, 6.07) is 0. The van der Waals surface area contributed by atoms with Crippen molar-refractivity contribution < 1.29 is 4.74 Å². The van der Waals surface area contributed by atoms with Gasteiger partial charge in [0.2, 0.25) is 0 Å². The molecule has 1 aliphatic heterocycles. The second kappa shape index (κ2) is 8.55. The fourth-order valence-corrected chi connectivity index (χ4v) is 3.29. The number of allylic oxidation sites excluding steroid dienone is 5. The third-order valence-corrected chi connectivity index (χ3v) is 4.48. The lowest BCUT2D eigenvalue weighted by Crippen LogP contribution is -2.29. The molecule has 0 bridgehead atoms. The molecule has 0 unspecified atom stereocenters. The van der Waals surface area contributed by atoms with Crippen molar-refractivity contribution >= 4 is 23.4 Å². The Bertz CT molecular complexity index is 911. The molecule has 0 fully saturated rings. The molecule has 1 aliphatic rings. The van der Waals surface area contributed by atoms with Gasteiger partial charge in [-0.3, -0.25) is 0 Å². The minimum Gasteiger partial charge on any atom is -0.377 e. The van der Waals surface area contributed by atoms with E-state index in [2.05, 4.69) is 62.1 Å². The molecule has 0 saturated heterocycles. The van der Waals surface area contributed by atoms with Gasteiger partial charge in [-0.15, -0.1) is 6.42 Å². The molecule has 2 heterocycles. The van der Waals surface area contributed by atoms with E-state index in [4.69, 9.17) is 11.2 Å². The van der Waals surface area contributed by atoms with E-state index in [-0.39, 0.29) is 0 Å². The summed E-state index contributed by atoms with van der Waals surface area (Å²) < 4.78 is 7.78. The van der Waals surface area contributed by atoms with Crippen molar-refractivity contribution in [3.8, 4) is 12.3 Å². The van der Waals surface area contributed by atoms with E-state index < -0.39 is 0 Å². The van der Waals surface area contributed by atoms with Gasteiger partial charge in [0.25, 0.3) is 0 Å². The molecule has 0 aromatic carbocycles. The zero-order valence-corrected chi connectivity index (χ0v) is 15.7. The molecule has 0 amide bonds. The predicted octanol–water partition coefficient (Wildman–Crippen LogP) is 3.81. The van der Waals surface area contributed by atoms with Crippen molar-refractivity contribution in [2.45, 2.75) is 34.1 Å². The Morgan fingerprint density at radius 1 is 1.36 bits per heavy atom. The Kier molecular flexibility index (Phi) is 6.44. The van der Waals surface area contributed by atoms with Crippen molar-refractivity contribution in [1.82, 2.24) is 4.57 Å². The molecule has 1 aromatic heterocycles. The Balaban J connectivity index is 2.79. The van der Waals surface area contributed by atoms with Gasteiger partial charge in [0.1, 0.15) is 0 Å². The summed E-state index contributed by atoms with van der Waals surface area (Å²) in [6.07, 6.45) is 18.8. The fourth-order valence-electron chi connectivity index (χ4n) is 3.29. The maximum atomic E-state index is 5.49. The van der Waals surface area contributed by atoms with E-state index >= 15 is 0 Å². The van der Waals surface area contributed by atoms with E-state index in [1.165, 1.54) is 27.4 Å². The Morgan fingerprint density at radius 2 is 2.12 bits per heavy atom. The molecule has 0 spiro atoms. The zero-order valence-electron chi connectivity index (χ0n) is 15.7. The van der Waals surface area contributed by atoms with E-state index in [0.717, 1.165) is 24.3 Å². The van der Waals surface area contributed by atoms with Gasteiger partial charge in [0, 0.05) is 27.5 Å². The molecule has 0 saturated carbocycles. The number of hydrogen-bond acceptors (Lipinski definition) is 1. The van der Waals surface area contributed by atoms with E-state index in [1.807, 2.05) is 19.1 Å². The normalized spacial score (nSPS) is 17.5.